The molecule has 0 aliphatic heterocycles. The third-order valence-corrected chi connectivity index (χ3v) is 3.94. The zero-order valence-electron chi connectivity index (χ0n) is 10.7. The summed E-state index contributed by atoms with van der Waals surface area (Å²) in [6, 6.07) is 6.01. The first kappa shape index (κ1) is 11.3. The highest BCUT2D eigenvalue weighted by atomic mass is 16.6. The van der Waals surface area contributed by atoms with Crippen molar-refractivity contribution in [2.24, 2.45) is 0 Å². The molecule has 3 heteroatoms. The minimum atomic E-state index is -0.280. The number of benzene rings is 1. The van der Waals surface area contributed by atoms with Gasteiger partial charge in [0.05, 0.1) is 0 Å². The van der Waals surface area contributed by atoms with Crippen LogP contribution in [0.3, 0.4) is 0 Å². The maximum absolute atomic E-state index is 11.8. The van der Waals surface area contributed by atoms with E-state index >= 15 is 0 Å². The first-order valence-corrected chi connectivity index (χ1v) is 6.44. The van der Waals surface area contributed by atoms with Gasteiger partial charge < -0.3 is 9.64 Å². The van der Waals surface area contributed by atoms with Crippen molar-refractivity contribution in [3.8, 4) is 5.75 Å². The van der Waals surface area contributed by atoms with Gasteiger partial charge in [-0.3, -0.25) is 0 Å². The number of carbonyl (C=O) groups is 1. The fourth-order valence-corrected chi connectivity index (χ4v) is 2.81. The summed E-state index contributed by atoms with van der Waals surface area (Å²) in [6.45, 7) is 2.58. The Morgan fingerprint density at radius 3 is 2.94 bits per heavy atom. The van der Waals surface area contributed by atoms with Gasteiger partial charge in [0.2, 0.25) is 0 Å². The number of ether oxygens (including phenoxy) is 1. The number of nitrogens with zero attached hydrogens (tertiary/aromatic N) is 1. The third-order valence-electron chi connectivity index (χ3n) is 3.94. The second-order valence-electron chi connectivity index (χ2n) is 4.97. The Bertz CT molecular complexity index is 521. The molecule has 94 valence electrons. The summed E-state index contributed by atoms with van der Waals surface area (Å²) in [5, 5.41) is 0. The molecule has 0 spiro atoms. The van der Waals surface area contributed by atoms with Gasteiger partial charge in [0.25, 0.3) is 0 Å². The van der Waals surface area contributed by atoms with Crippen molar-refractivity contribution in [2.45, 2.75) is 25.2 Å². The van der Waals surface area contributed by atoms with Crippen LogP contribution in [0.2, 0.25) is 0 Å². The Kier molecular flexibility index (Phi) is 2.62. The van der Waals surface area contributed by atoms with E-state index in [-0.39, 0.29) is 6.09 Å². The van der Waals surface area contributed by atoms with Crippen molar-refractivity contribution in [1.82, 2.24) is 4.90 Å². The van der Waals surface area contributed by atoms with E-state index in [9.17, 15) is 4.79 Å². The van der Waals surface area contributed by atoms with Crippen LogP contribution < -0.4 is 4.74 Å². The van der Waals surface area contributed by atoms with E-state index in [2.05, 4.69) is 18.2 Å². The van der Waals surface area contributed by atoms with Crippen LogP contribution in [0.1, 0.15) is 36.3 Å². The van der Waals surface area contributed by atoms with Crippen molar-refractivity contribution in [3.05, 3.63) is 41.5 Å². The molecule has 2 aliphatic carbocycles. The second-order valence-corrected chi connectivity index (χ2v) is 4.97. The molecular formula is C15H17NO2. The zero-order valence-corrected chi connectivity index (χ0v) is 10.7. The van der Waals surface area contributed by atoms with Gasteiger partial charge in [-0.2, -0.15) is 0 Å². The van der Waals surface area contributed by atoms with Crippen LogP contribution in [-0.2, 0) is 0 Å². The molecule has 2 unspecified atom stereocenters. The number of fused-ring (bicyclic) bond motifs is 5. The lowest BCUT2D eigenvalue weighted by Gasteiger charge is -2.18. The van der Waals surface area contributed by atoms with E-state index in [1.54, 1.807) is 11.9 Å². The summed E-state index contributed by atoms with van der Waals surface area (Å²) < 4.78 is 5.52. The summed E-state index contributed by atoms with van der Waals surface area (Å²) in [5.74, 6) is 1.68. The number of rotatable bonds is 2. The summed E-state index contributed by atoms with van der Waals surface area (Å²) >= 11 is 0. The van der Waals surface area contributed by atoms with Gasteiger partial charge in [0, 0.05) is 31.0 Å². The lowest BCUT2D eigenvalue weighted by atomic mass is 9.96. The van der Waals surface area contributed by atoms with Crippen molar-refractivity contribution in [2.75, 3.05) is 13.6 Å². The highest BCUT2D eigenvalue weighted by Gasteiger charge is 2.35. The van der Waals surface area contributed by atoms with E-state index < -0.39 is 0 Å². The van der Waals surface area contributed by atoms with E-state index in [0.29, 0.717) is 18.4 Å². The number of carbonyl (C=O) groups excluding carboxylic acids is 1. The molecule has 0 heterocycles. The maximum Gasteiger partial charge on any atom is 0.414 e. The normalized spacial score (nSPS) is 23.0. The molecule has 0 radical (unpaired) electrons. The lowest BCUT2D eigenvalue weighted by molar-refractivity contribution is 0.164. The molecule has 3 nitrogen and oxygen atoms in total. The molecule has 1 aromatic rings. The zero-order chi connectivity index (χ0) is 12.7. The first-order valence-electron chi connectivity index (χ1n) is 6.44. The fraction of sp³-hybridized carbons (Fsp3) is 0.400. The second kappa shape index (κ2) is 4.16. The van der Waals surface area contributed by atoms with Crippen molar-refractivity contribution in [3.63, 3.8) is 0 Å². The highest BCUT2D eigenvalue weighted by molar-refractivity contribution is 5.71. The molecule has 2 bridgehead atoms. The number of hydrogen-bond donors (Lipinski definition) is 0. The van der Waals surface area contributed by atoms with Gasteiger partial charge in [0.15, 0.2) is 0 Å². The minimum Gasteiger partial charge on any atom is -0.410 e. The summed E-state index contributed by atoms with van der Waals surface area (Å²) in [6.07, 6.45) is 5.34. The molecule has 2 atom stereocenters. The minimum absolute atomic E-state index is 0.280. The van der Waals surface area contributed by atoms with Crippen LogP contribution in [0, 0.1) is 0 Å². The first-order chi connectivity index (χ1) is 8.70. The summed E-state index contributed by atoms with van der Waals surface area (Å²) in [7, 11) is 1.75. The Morgan fingerprint density at radius 1 is 1.39 bits per heavy atom. The van der Waals surface area contributed by atoms with Crippen LogP contribution >= 0.6 is 0 Å². The molecule has 0 aromatic heterocycles. The van der Waals surface area contributed by atoms with E-state index in [0.717, 1.165) is 12.2 Å². The Labute approximate surface area is 107 Å². The van der Waals surface area contributed by atoms with E-state index in [1.807, 2.05) is 19.1 Å². The van der Waals surface area contributed by atoms with Gasteiger partial charge in [-0.1, -0.05) is 24.3 Å². The summed E-state index contributed by atoms with van der Waals surface area (Å²) in [4.78, 5) is 13.4. The number of amides is 1. The smallest absolute Gasteiger partial charge is 0.410 e. The molecular weight excluding hydrogens is 226 g/mol. The third kappa shape index (κ3) is 1.62. The maximum atomic E-state index is 11.8. The molecule has 0 N–H and O–H groups in total. The quantitative estimate of drug-likeness (QED) is 0.746. The van der Waals surface area contributed by atoms with Gasteiger partial charge in [-0.15, -0.1) is 0 Å². The predicted octanol–water partition coefficient (Wildman–Crippen LogP) is 3.28. The van der Waals surface area contributed by atoms with Crippen LogP contribution in [-0.4, -0.2) is 24.6 Å². The predicted molar refractivity (Wildman–Crippen MR) is 70.0 cm³/mol. The van der Waals surface area contributed by atoms with E-state index in [1.165, 1.54) is 11.1 Å². The number of hydrogen-bond acceptors (Lipinski definition) is 2. The molecule has 1 aromatic carbocycles. The Morgan fingerprint density at radius 2 is 2.17 bits per heavy atom. The summed E-state index contributed by atoms with van der Waals surface area (Å²) in [5.41, 5.74) is 2.54. The molecule has 0 saturated carbocycles. The van der Waals surface area contributed by atoms with Crippen molar-refractivity contribution < 1.29 is 9.53 Å². The monoisotopic (exact) mass is 243 g/mol. The molecule has 0 saturated heterocycles. The van der Waals surface area contributed by atoms with Crippen molar-refractivity contribution in [1.29, 1.82) is 0 Å². The largest absolute Gasteiger partial charge is 0.414 e. The van der Waals surface area contributed by atoms with E-state index in [4.69, 9.17) is 4.74 Å². The van der Waals surface area contributed by atoms with Crippen molar-refractivity contribution >= 4 is 6.09 Å². The number of allylic oxidation sites excluding steroid dienone is 2. The highest BCUT2D eigenvalue weighted by Crippen LogP contribution is 2.51. The Hall–Kier alpha value is -1.77. The average Bonchev–Trinajstić information content (AvgIpc) is 2.99. The average molecular weight is 243 g/mol. The van der Waals surface area contributed by atoms with Gasteiger partial charge in [-0.05, 0) is 25.0 Å². The van der Waals surface area contributed by atoms with Crippen LogP contribution in [0.15, 0.2) is 30.4 Å². The molecule has 0 fully saturated rings. The van der Waals surface area contributed by atoms with Gasteiger partial charge in [0.1, 0.15) is 5.75 Å². The Balaban J connectivity index is 1.90. The molecule has 3 rings (SSSR count). The molecule has 1 amide bonds. The van der Waals surface area contributed by atoms with Crippen LogP contribution in [0.5, 0.6) is 5.75 Å². The SMILES string of the molecule is CCN(C)C(=O)Oc1cccc2c1C1C=CC2C1. The van der Waals surface area contributed by atoms with Gasteiger partial charge in [-0.25, -0.2) is 4.79 Å². The molecule has 18 heavy (non-hydrogen) atoms. The topological polar surface area (TPSA) is 29.5 Å². The van der Waals surface area contributed by atoms with Crippen LogP contribution in [0.25, 0.3) is 0 Å². The molecule has 2 aliphatic rings. The van der Waals surface area contributed by atoms with Gasteiger partial charge >= 0.3 is 6.09 Å². The lowest BCUT2D eigenvalue weighted by Crippen LogP contribution is -2.29. The van der Waals surface area contributed by atoms with Crippen LogP contribution in [0.4, 0.5) is 4.79 Å². The fourth-order valence-electron chi connectivity index (χ4n) is 2.81. The standard InChI is InChI=1S/C15H17NO2/c1-3-16(2)15(17)18-13-6-4-5-12-10-7-8-11(9-10)14(12)13/h4-8,10-11H,3,9H2,1-2H3.